The number of hydrogen-bond donors (Lipinski definition) is 4. The molecule has 0 radical (unpaired) electrons. The maximum atomic E-state index is 13.2. The quantitative estimate of drug-likeness (QED) is 0.487. The molecular weight excluding hydrogens is 424 g/mol. The standard InChI is InChI=1S/C23H38N6O4/c1-23(2,3)33-22(32)29-12-7-10-17(15-29)27-20(31)18-14-25-21(24-11-13-30)28-19(18)26-16-8-5-4-6-9-16/h14,16-17,30H,4-13,15H2,1-3H3,(H,27,31)(H2,24,25,26,28). The lowest BCUT2D eigenvalue weighted by atomic mass is 9.95. The first-order valence-corrected chi connectivity index (χ1v) is 12.0. The highest BCUT2D eigenvalue weighted by Gasteiger charge is 2.29. The van der Waals surface area contributed by atoms with Gasteiger partial charge in [-0.25, -0.2) is 9.78 Å². The first kappa shape index (κ1) is 25.0. The van der Waals surface area contributed by atoms with Crippen molar-refractivity contribution in [1.82, 2.24) is 20.2 Å². The number of carbonyl (C=O) groups is 2. The second kappa shape index (κ2) is 11.5. The molecule has 1 saturated heterocycles. The van der Waals surface area contributed by atoms with Gasteiger partial charge in [0.15, 0.2) is 0 Å². The Morgan fingerprint density at radius 3 is 2.58 bits per heavy atom. The normalized spacial score (nSPS) is 19.6. The first-order valence-electron chi connectivity index (χ1n) is 12.0. The average Bonchev–Trinajstić information content (AvgIpc) is 2.77. The second-order valence-electron chi connectivity index (χ2n) is 9.82. The molecule has 2 fully saturated rings. The summed E-state index contributed by atoms with van der Waals surface area (Å²) in [6, 6.07) is 0.0942. The van der Waals surface area contributed by atoms with Crippen molar-refractivity contribution in [3.8, 4) is 0 Å². The van der Waals surface area contributed by atoms with Gasteiger partial charge < -0.3 is 30.7 Å². The lowest BCUT2D eigenvalue weighted by Gasteiger charge is -2.34. The van der Waals surface area contributed by atoms with E-state index < -0.39 is 5.60 Å². The largest absolute Gasteiger partial charge is 0.444 e. The fourth-order valence-electron chi connectivity index (χ4n) is 4.20. The molecule has 1 aliphatic carbocycles. The van der Waals surface area contributed by atoms with Crippen molar-refractivity contribution in [1.29, 1.82) is 0 Å². The number of aliphatic hydroxyl groups excluding tert-OH is 1. The zero-order valence-corrected chi connectivity index (χ0v) is 20.0. The molecule has 33 heavy (non-hydrogen) atoms. The molecule has 10 nitrogen and oxygen atoms in total. The molecule has 1 aromatic rings. The highest BCUT2D eigenvalue weighted by atomic mass is 16.6. The molecule has 2 aliphatic rings. The number of nitrogens with zero attached hydrogens (tertiary/aromatic N) is 3. The van der Waals surface area contributed by atoms with Crippen molar-refractivity contribution in [2.45, 2.75) is 83.4 Å². The van der Waals surface area contributed by atoms with E-state index in [9.17, 15) is 9.59 Å². The zero-order valence-electron chi connectivity index (χ0n) is 20.0. The summed E-state index contributed by atoms with van der Waals surface area (Å²) < 4.78 is 5.48. The summed E-state index contributed by atoms with van der Waals surface area (Å²) in [7, 11) is 0. The average molecular weight is 463 g/mol. The van der Waals surface area contributed by atoms with Gasteiger partial charge in [-0.05, 0) is 46.5 Å². The lowest BCUT2D eigenvalue weighted by Crippen LogP contribution is -2.50. The minimum absolute atomic E-state index is 0.0349. The predicted octanol–water partition coefficient (Wildman–Crippen LogP) is 2.75. The van der Waals surface area contributed by atoms with E-state index in [1.54, 1.807) is 4.90 Å². The Morgan fingerprint density at radius 2 is 1.88 bits per heavy atom. The summed E-state index contributed by atoms with van der Waals surface area (Å²) in [6.45, 7) is 6.84. The number of piperidine rings is 1. The fourth-order valence-corrected chi connectivity index (χ4v) is 4.20. The molecule has 1 unspecified atom stereocenters. The number of ether oxygens (including phenoxy) is 1. The number of carbonyl (C=O) groups excluding carboxylic acids is 2. The number of nitrogens with one attached hydrogen (secondary N) is 3. The topological polar surface area (TPSA) is 129 Å². The van der Waals surface area contributed by atoms with E-state index in [1.165, 1.54) is 12.6 Å². The van der Waals surface area contributed by atoms with Crippen molar-refractivity contribution in [2.24, 2.45) is 0 Å². The van der Waals surface area contributed by atoms with E-state index in [0.29, 0.717) is 37.0 Å². The predicted molar refractivity (Wildman–Crippen MR) is 126 cm³/mol. The molecular formula is C23H38N6O4. The first-order chi connectivity index (χ1) is 15.7. The van der Waals surface area contributed by atoms with Crippen LogP contribution in [-0.2, 0) is 4.74 Å². The minimum atomic E-state index is -0.559. The lowest BCUT2D eigenvalue weighted by molar-refractivity contribution is 0.0185. The van der Waals surface area contributed by atoms with Crippen molar-refractivity contribution < 1.29 is 19.4 Å². The van der Waals surface area contributed by atoms with E-state index in [4.69, 9.17) is 9.84 Å². The highest BCUT2D eigenvalue weighted by Crippen LogP contribution is 2.24. The molecule has 1 aromatic heterocycles. The van der Waals surface area contributed by atoms with Crippen LogP contribution >= 0.6 is 0 Å². The van der Waals surface area contributed by atoms with E-state index in [2.05, 4.69) is 25.9 Å². The van der Waals surface area contributed by atoms with Gasteiger partial charge >= 0.3 is 6.09 Å². The van der Waals surface area contributed by atoms with Gasteiger partial charge in [-0.2, -0.15) is 4.98 Å². The van der Waals surface area contributed by atoms with Crippen LogP contribution in [0.4, 0.5) is 16.6 Å². The van der Waals surface area contributed by atoms with Crippen molar-refractivity contribution in [3.05, 3.63) is 11.8 Å². The Morgan fingerprint density at radius 1 is 1.15 bits per heavy atom. The van der Waals surface area contributed by atoms with Crippen LogP contribution in [0.15, 0.2) is 6.20 Å². The van der Waals surface area contributed by atoms with Crippen LogP contribution in [0.5, 0.6) is 0 Å². The van der Waals surface area contributed by atoms with Gasteiger partial charge in [0.1, 0.15) is 17.0 Å². The summed E-state index contributed by atoms with van der Waals surface area (Å²) in [5.74, 6) is 0.598. The summed E-state index contributed by atoms with van der Waals surface area (Å²) in [6.07, 6.45) is 8.35. The monoisotopic (exact) mass is 462 g/mol. The maximum absolute atomic E-state index is 13.2. The number of aromatic nitrogens is 2. The van der Waals surface area contributed by atoms with Gasteiger partial charge in [0.25, 0.3) is 5.91 Å². The summed E-state index contributed by atoms with van der Waals surface area (Å²) in [4.78, 5) is 36.0. The van der Waals surface area contributed by atoms with E-state index >= 15 is 0 Å². The Bertz CT molecular complexity index is 807. The highest BCUT2D eigenvalue weighted by molar-refractivity contribution is 5.98. The van der Waals surface area contributed by atoms with Crippen molar-refractivity contribution >= 4 is 23.8 Å². The molecule has 3 rings (SSSR count). The van der Waals surface area contributed by atoms with Gasteiger partial charge in [-0.3, -0.25) is 4.79 Å². The van der Waals surface area contributed by atoms with Gasteiger partial charge in [-0.1, -0.05) is 19.3 Å². The molecule has 1 saturated carbocycles. The number of likely N-dealkylation sites (tertiary alicyclic amines) is 1. The van der Waals surface area contributed by atoms with Crippen LogP contribution in [0.3, 0.4) is 0 Å². The third-order valence-electron chi connectivity index (χ3n) is 5.78. The number of rotatable bonds is 7. The summed E-state index contributed by atoms with van der Waals surface area (Å²) >= 11 is 0. The summed E-state index contributed by atoms with van der Waals surface area (Å²) in [5, 5.41) is 18.5. The third-order valence-corrected chi connectivity index (χ3v) is 5.78. The fraction of sp³-hybridized carbons (Fsp3) is 0.739. The van der Waals surface area contributed by atoms with E-state index in [1.807, 2.05) is 20.8 Å². The van der Waals surface area contributed by atoms with Gasteiger partial charge in [0.05, 0.1) is 6.61 Å². The number of aliphatic hydroxyl groups is 1. The van der Waals surface area contributed by atoms with Crippen molar-refractivity contribution in [2.75, 3.05) is 36.9 Å². The number of hydrogen-bond acceptors (Lipinski definition) is 8. The van der Waals surface area contributed by atoms with Crippen molar-refractivity contribution in [3.63, 3.8) is 0 Å². The van der Waals surface area contributed by atoms with Crippen LogP contribution < -0.4 is 16.0 Å². The van der Waals surface area contributed by atoms with Gasteiger partial charge in [0, 0.05) is 37.9 Å². The maximum Gasteiger partial charge on any atom is 0.410 e. The van der Waals surface area contributed by atoms with Crippen LogP contribution in [0, 0.1) is 0 Å². The molecule has 4 N–H and O–H groups in total. The molecule has 1 atom stereocenters. The Kier molecular flexibility index (Phi) is 8.71. The second-order valence-corrected chi connectivity index (χ2v) is 9.82. The number of anilines is 2. The van der Waals surface area contributed by atoms with Crippen LogP contribution in [0.2, 0.25) is 0 Å². The summed E-state index contributed by atoms with van der Waals surface area (Å²) in [5.41, 5.74) is -0.180. The van der Waals surface area contributed by atoms with Gasteiger partial charge in [-0.15, -0.1) is 0 Å². The zero-order chi connectivity index (χ0) is 23.8. The molecule has 2 amide bonds. The molecule has 0 bridgehead atoms. The third kappa shape index (κ3) is 7.73. The Balaban J connectivity index is 1.68. The van der Waals surface area contributed by atoms with Crippen LogP contribution in [0.1, 0.15) is 76.1 Å². The molecule has 2 heterocycles. The minimum Gasteiger partial charge on any atom is -0.444 e. The number of amides is 2. The SMILES string of the molecule is CC(C)(C)OC(=O)N1CCCC(NC(=O)c2cnc(NCCO)nc2NC2CCCCC2)C1. The van der Waals surface area contributed by atoms with Crippen LogP contribution in [0.25, 0.3) is 0 Å². The van der Waals surface area contributed by atoms with E-state index in [0.717, 1.165) is 38.5 Å². The molecule has 1 aliphatic heterocycles. The Labute approximate surface area is 195 Å². The molecule has 10 heteroatoms. The molecule has 184 valence electrons. The van der Waals surface area contributed by atoms with Gasteiger partial charge in [0.2, 0.25) is 5.95 Å². The molecule has 0 aromatic carbocycles. The van der Waals surface area contributed by atoms with Crippen LogP contribution in [-0.4, -0.2) is 75.9 Å². The Hall–Kier alpha value is -2.62. The van der Waals surface area contributed by atoms with E-state index in [-0.39, 0.29) is 30.7 Å². The smallest absolute Gasteiger partial charge is 0.410 e. The molecule has 0 spiro atoms.